The molecule has 0 aliphatic rings. The van der Waals surface area contributed by atoms with Gasteiger partial charge in [-0.05, 0) is 46.8 Å². The molecule has 11 heteroatoms. The van der Waals surface area contributed by atoms with Crippen molar-refractivity contribution >= 4 is 17.4 Å². The zero-order chi connectivity index (χ0) is 21.4. The van der Waals surface area contributed by atoms with E-state index in [-0.39, 0.29) is 16.9 Å². The van der Waals surface area contributed by atoms with Gasteiger partial charge in [-0.1, -0.05) is 23.7 Å². The lowest BCUT2D eigenvalue weighted by Gasteiger charge is -2.11. The number of halogens is 3. The molecule has 0 fully saturated rings. The minimum absolute atomic E-state index is 0.0729. The topological polar surface area (TPSA) is 87.6 Å². The summed E-state index contributed by atoms with van der Waals surface area (Å²) in [4.78, 5) is 25.4. The van der Waals surface area contributed by atoms with E-state index in [1.165, 1.54) is 36.1 Å². The first kappa shape index (κ1) is 19.6. The number of carbonyl (C=O) groups excluding carboxylic acids is 1. The molecule has 0 atom stereocenters. The molecule has 152 valence electrons. The summed E-state index contributed by atoms with van der Waals surface area (Å²) in [5.41, 5.74) is -1.12. The Morgan fingerprint density at radius 2 is 1.80 bits per heavy atom. The molecule has 2 aromatic heterocycles. The number of rotatable bonds is 5. The number of nitrogens with zero attached hydrogens (tertiary/aromatic N) is 6. The van der Waals surface area contributed by atoms with E-state index in [4.69, 9.17) is 11.6 Å². The van der Waals surface area contributed by atoms with Crippen LogP contribution in [0.4, 0.5) is 8.78 Å². The molecule has 0 N–H and O–H groups in total. The van der Waals surface area contributed by atoms with Crippen LogP contribution in [0.25, 0.3) is 11.4 Å². The van der Waals surface area contributed by atoms with Gasteiger partial charge in [0.25, 0.3) is 6.43 Å². The molecule has 0 amide bonds. The summed E-state index contributed by atoms with van der Waals surface area (Å²) in [5, 5.41) is 12.0. The number of ketones is 1. The monoisotopic (exact) mass is 430 g/mol. The lowest BCUT2D eigenvalue weighted by atomic mass is 9.99. The van der Waals surface area contributed by atoms with Crippen molar-refractivity contribution in [2.24, 2.45) is 7.05 Å². The van der Waals surface area contributed by atoms with Crippen LogP contribution in [0.3, 0.4) is 0 Å². The van der Waals surface area contributed by atoms with Crippen LogP contribution in [0.1, 0.15) is 28.0 Å². The summed E-state index contributed by atoms with van der Waals surface area (Å²) < 4.78 is 30.5. The van der Waals surface area contributed by atoms with Crippen LogP contribution >= 0.6 is 11.6 Å². The highest BCUT2D eigenvalue weighted by atomic mass is 35.5. The standard InChI is InChI=1S/C19H13ClF2N6O2/c1-26-19(30)28(25-24-26)15-4-2-3-13(18(21)22)16(15)17(29)14-9-10-27(23-14)12-7-5-11(20)6-8-12/h2-10,18H,1H3. The largest absolute Gasteiger partial charge is 0.368 e. The van der Waals surface area contributed by atoms with E-state index >= 15 is 0 Å². The van der Waals surface area contributed by atoms with Gasteiger partial charge in [-0.2, -0.15) is 14.5 Å². The second-order valence-corrected chi connectivity index (χ2v) is 6.73. The van der Waals surface area contributed by atoms with Crippen molar-refractivity contribution in [2.45, 2.75) is 6.43 Å². The predicted octanol–water partition coefficient (Wildman–Crippen LogP) is 2.97. The average Bonchev–Trinajstić information content (AvgIpc) is 3.35. The van der Waals surface area contributed by atoms with Crippen molar-refractivity contribution in [2.75, 3.05) is 0 Å². The number of carbonyl (C=O) groups is 1. The van der Waals surface area contributed by atoms with Gasteiger partial charge in [0.15, 0.2) is 0 Å². The molecule has 0 spiro atoms. The van der Waals surface area contributed by atoms with Crippen LogP contribution < -0.4 is 5.69 Å². The molecule has 4 rings (SSSR count). The molecule has 2 heterocycles. The molecule has 0 unspecified atom stereocenters. The summed E-state index contributed by atoms with van der Waals surface area (Å²) in [6.07, 6.45) is -1.43. The summed E-state index contributed by atoms with van der Waals surface area (Å²) in [7, 11) is 1.36. The molecule has 4 aromatic rings. The Kier molecular flexibility index (Phi) is 5.00. The number of alkyl halides is 2. The van der Waals surface area contributed by atoms with E-state index in [0.717, 1.165) is 15.4 Å². The molecule has 0 aliphatic heterocycles. The summed E-state index contributed by atoms with van der Waals surface area (Å²) >= 11 is 5.88. The zero-order valence-corrected chi connectivity index (χ0v) is 16.2. The first-order valence-corrected chi connectivity index (χ1v) is 9.01. The lowest BCUT2D eigenvalue weighted by Crippen LogP contribution is -2.24. The second-order valence-electron chi connectivity index (χ2n) is 6.29. The smallest absolute Gasteiger partial charge is 0.287 e. The molecular formula is C19H13ClF2N6O2. The quantitative estimate of drug-likeness (QED) is 0.454. The fourth-order valence-corrected chi connectivity index (χ4v) is 3.06. The molecule has 0 aliphatic carbocycles. The SMILES string of the molecule is Cn1nnn(-c2cccc(C(F)F)c2C(=O)c2ccn(-c3ccc(Cl)cc3)n2)c1=O. The highest BCUT2D eigenvalue weighted by Crippen LogP contribution is 2.29. The molecule has 0 bridgehead atoms. The molecule has 8 nitrogen and oxygen atoms in total. The minimum atomic E-state index is -2.95. The average molecular weight is 431 g/mol. The van der Waals surface area contributed by atoms with Crippen molar-refractivity contribution in [1.82, 2.24) is 29.6 Å². The molecular weight excluding hydrogens is 418 g/mol. The maximum absolute atomic E-state index is 13.7. The third-order valence-electron chi connectivity index (χ3n) is 4.40. The highest BCUT2D eigenvalue weighted by molar-refractivity contribution is 6.30. The second kappa shape index (κ2) is 7.64. The Bertz CT molecular complexity index is 1290. The van der Waals surface area contributed by atoms with Gasteiger partial charge in [-0.25, -0.2) is 18.3 Å². The Balaban J connectivity index is 1.84. The molecule has 0 saturated heterocycles. The van der Waals surface area contributed by atoms with E-state index in [0.29, 0.717) is 10.7 Å². The van der Waals surface area contributed by atoms with Crippen LogP contribution in [0, 0.1) is 0 Å². The highest BCUT2D eigenvalue weighted by Gasteiger charge is 2.27. The Labute approximate surface area is 172 Å². The van der Waals surface area contributed by atoms with Crippen LogP contribution in [0.15, 0.2) is 59.5 Å². The maximum atomic E-state index is 13.7. The number of hydrogen-bond donors (Lipinski definition) is 0. The number of benzene rings is 2. The van der Waals surface area contributed by atoms with Crippen LogP contribution in [-0.2, 0) is 7.05 Å². The van der Waals surface area contributed by atoms with Gasteiger partial charge in [0.2, 0.25) is 5.78 Å². The van der Waals surface area contributed by atoms with E-state index in [9.17, 15) is 18.4 Å². The number of aryl methyl sites for hydroxylation is 1. The minimum Gasteiger partial charge on any atom is -0.287 e. The Morgan fingerprint density at radius 1 is 1.07 bits per heavy atom. The van der Waals surface area contributed by atoms with Crippen molar-refractivity contribution in [1.29, 1.82) is 0 Å². The first-order valence-electron chi connectivity index (χ1n) is 8.63. The first-order chi connectivity index (χ1) is 14.4. The van der Waals surface area contributed by atoms with Crippen LogP contribution in [-0.4, -0.2) is 35.4 Å². The van der Waals surface area contributed by atoms with Gasteiger partial charge in [-0.15, -0.1) is 0 Å². The fraction of sp³-hybridized carbons (Fsp3) is 0.105. The van der Waals surface area contributed by atoms with Gasteiger partial charge < -0.3 is 0 Å². The van der Waals surface area contributed by atoms with Gasteiger partial charge in [0.05, 0.1) is 16.9 Å². The Morgan fingerprint density at radius 3 is 2.43 bits per heavy atom. The van der Waals surface area contributed by atoms with Gasteiger partial charge >= 0.3 is 5.69 Å². The van der Waals surface area contributed by atoms with Crippen LogP contribution in [0.2, 0.25) is 5.02 Å². The molecule has 0 saturated carbocycles. The third-order valence-corrected chi connectivity index (χ3v) is 4.65. The molecule has 30 heavy (non-hydrogen) atoms. The van der Waals surface area contributed by atoms with Crippen molar-refractivity contribution in [3.8, 4) is 11.4 Å². The molecule has 0 radical (unpaired) electrons. The normalized spacial score (nSPS) is 11.2. The summed E-state index contributed by atoms with van der Waals surface area (Å²) in [5.74, 6) is -0.772. The fourth-order valence-electron chi connectivity index (χ4n) is 2.94. The maximum Gasteiger partial charge on any atom is 0.368 e. The zero-order valence-electron chi connectivity index (χ0n) is 15.4. The predicted molar refractivity (Wildman–Crippen MR) is 104 cm³/mol. The lowest BCUT2D eigenvalue weighted by molar-refractivity contribution is 0.101. The van der Waals surface area contributed by atoms with Crippen molar-refractivity contribution < 1.29 is 13.6 Å². The summed E-state index contributed by atoms with van der Waals surface area (Å²) in [6, 6.07) is 11.9. The van der Waals surface area contributed by atoms with Crippen molar-refractivity contribution in [3.05, 3.63) is 87.1 Å². The van der Waals surface area contributed by atoms with Crippen LogP contribution in [0.5, 0.6) is 0 Å². The number of hydrogen-bond acceptors (Lipinski definition) is 5. The number of tetrazole rings is 1. The van der Waals surface area contributed by atoms with E-state index in [1.54, 1.807) is 24.3 Å². The third kappa shape index (κ3) is 3.41. The summed E-state index contributed by atoms with van der Waals surface area (Å²) in [6.45, 7) is 0. The number of aromatic nitrogens is 6. The van der Waals surface area contributed by atoms with E-state index in [1.807, 2.05) is 0 Å². The van der Waals surface area contributed by atoms with E-state index < -0.39 is 23.5 Å². The van der Waals surface area contributed by atoms with Gasteiger partial charge in [0.1, 0.15) is 5.69 Å². The Hall–Kier alpha value is -3.66. The van der Waals surface area contributed by atoms with Crippen molar-refractivity contribution in [3.63, 3.8) is 0 Å². The molecule has 2 aromatic carbocycles. The van der Waals surface area contributed by atoms with Gasteiger partial charge in [-0.3, -0.25) is 4.79 Å². The van der Waals surface area contributed by atoms with E-state index in [2.05, 4.69) is 15.5 Å². The van der Waals surface area contributed by atoms with Gasteiger partial charge in [0, 0.05) is 23.8 Å².